The summed E-state index contributed by atoms with van der Waals surface area (Å²) in [5.41, 5.74) is 0.905. The van der Waals surface area contributed by atoms with Crippen LogP contribution in [0.1, 0.15) is 25.3 Å². The first-order chi connectivity index (χ1) is 12.8. The molecule has 1 aliphatic carbocycles. The Morgan fingerprint density at radius 1 is 1.15 bits per heavy atom. The van der Waals surface area contributed by atoms with Crippen molar-refractivity contribution in [2.45, 2.75) is 42.5 Å². The van der Waals surface area contributed by atoms with Crippen LogP contribution < -0.4 is 4.74 Å². The third-order valence-corrected chi connectivity index (χ3v) is 6.80. The number of methoxy groups -OCH3 is 1. The average molecular weight is 391 g/mol. The number of benzene rings is 2. The highest BCUT2D eigenvalue weighted by atomic mass is 32.2. The molecular formula is C20H22FNO4S. The summed E-state index contributed by atoms with van der Waals surface area (Å²) >= 11 is 0. The van der Waals surface area contributed by atoms with Crippen LogP contribution in [0.4, 0.5) is 4.39 Å². The van der Waals surface area contributed by atoms with Crippen LogP contribution in [0.2, 0.25) is 0 Å². The highest BCUT2D eigenvalue weighted by Crippen LogP contribution is 2.31. The fraction of sp³-hybridized carbons (Fsp3) is 0.350. The van der Waals surface area contributed by atoms with Crippen LogP contribution in [-0.4, -0.2) is 37.6 Å². The van der Waals surface area contributed by atoms with Gasteiger partial charge in [-0.2, -0.15) is 0 Å². The van der Waals surface area contributed by atoms with Crippen LogP contribution in [0, 0.1) is 5.82 Å². The minimum Gasteiger partial charge on any atom is -0.497 e. The summed E-state index contributed by atoms with van der Waals surface area (Å²) in [4.78, 5) is 14.6. The Balaban J connectivity index is 1.80. The summed E-state index contributed by atoms with van der Waals surface area (Å²) in [5, 5.41) is -1.23. The maximum absolute atomic E-state index is 13.1. The van der Waals surface area contributed by atoms with Crippen molar-refractivity contribution < 1.29 is 22.3 Å². The SMILES string of the molecule is COc1ccc(CN(C(=O)C(C)S(=O)(=O)c2ccc(F)cc2)C2CC2)cc1. The van der Waals surface area contributed by atoms with E-state index in [4.69, 9.17) is 4.74 Å². The Bertz CT molecular complexity index is 906. The number of carbonyl (C=O) groups is 1. The molecule has 2 aromatic rings. The van der Waals surface area contributed by atoms with Crippen LogP contribution in [-0.2, 0) is 21.2 Å². The quantitative estimate of drug-likeness (QED) is 0.680. The van der Waals surface area contributed by atoms with E-state index in [2.05, 4.69) is 0 Å². The molecule has 1 fully saturated rings. The molecule has 2 aromatic carbocycles. The molecule has 1 unspecified atom stereocenters. The van der Waals surface area contributed by atoms with E-state index in [0.29, 0.717) is 6.54 Å². The summed E-state index contributed by atoms with van der Waals surface area (Å²) in [6.45, 7) is 1.74. The second-order valence-electron chi connectivity index (χ2n) is 6.69. The predicted molar refractivity (Wildman–Crippen MR) is 99.6 cm³/mol. The molecule has 144 valence electrons. The monoisotopic (exact) mass is 391 g/mol. The standard InChI is InChI=1S/C20H22FNO4S/c1-14(27(24,25)19-11-5-16(21)6-12-19)20(23)22(17-7-8-17)13-15-3-9-18(26-2)10-4-15/h3-6,9-12,14,17H,7-8,13H2,1-2H3. The lowest BCUT2D eigenvalue weighted by Crippen LogP contribution is -2.42. The molecule has 0 bridgehead atoms. The van der Waals surface area contributed by atoms with Gasteiger partial charge in [0.15, 0.2) is 9.84 Å². The lowest BCUT2D eigenvalue weighted by atomic mass is 10.2. The zero-order chi connectivity index (χ0) is 19.6. The van der Waals surface area contributed by atoms with Crippen LogP contribution >= 0.6 is 0 Å². The third-order valence-electron chi connectivity index (χ3n) is 4.74. The molecule has 5 nitrogen and oxygen atoms in total. The molecule has 1 aliphatic rings. The van der Waals surface area contributed by atoms with Gasteiger partial charge in [0.1, 0.15) is 16.8 Å². The topological polar surface area (TPSA) is 63.7 Å². The third kappa shape index (κ3) is 4.30. The van der Waals surface area contributed by atoms with Crippen molar-refractivity contribution >= 4 is 15.7 Å². The van der Waals surface area contributed by atoms with E-state index in [1.54, 1.807) is 12.0 Å². The summed E-state index contributed by atoms with van der Waals surface area (Å²) in [5.74, 6) is -0.236. The van der Waals surface area contributed by atoms with Crippen molar-refractivity contribution in [3.05, 3.63) is 59.9 Å². The van der Waals surface area contributed by atoms with Crippen molar-refractivity contribution in [2.75, 3.05) is 7.11 Å². The molecule has 0 saturated heterocycles. The number of nitrogens with zero attached hydrogens (tertiary/aromatic N) is 1. The van der Waals surface area contributed by atoms with E-state index in [1.165, 1.54) is 19.1 Å². The molecule has 1 saturated carbocycles. The smallest absolute Gasteiger partial charge is 0.241 e. The summed E-state index contributed by atoms with van der Waals surface area (Å²) < 4.78 is 43.8. The number of hydrogen-bond donors (Lipinski definition) is 0. The Kier molecular flexibility index (Phi) is 5.51. The fourth-order valence-corrected chi connectivity index (χ4v) is 4.22. The normalized spacial score (nSPS) is 15.2. The predicted octanol–water partition coefficient (Wildman–Crippen LogP) is 3.19. The Morgan fingerprint density at radius 2 is 1.74 bits per heavy atom. The van der Waals surface area contributed by atoms with Gasteiger partial charge in [-0.05, 0) is 61.7 Å². The van der Waals surface area contributed by atoms with Crippen molar-refractivity contribution in [3.8, 4) is 5.75 Å². The summed E-state index contributed by atoms with van der Waals surface area (Å²) in [6, 6.07) is 12.0. The highest BCUT2D eigenvalue weighted by molar-refractivity contribution is 7.92. The molecule has 1 amide bonds. The lowest BCUT2D eigenvalue weighted by Gasteiger charge is -2.26. The minimum atomic E-state index is -3.89. The van der Waals surface area contributed by atoms with Crippen LogP contribution in [0.25, 0.3) is 0 Å². The first kappa shape index (κ1) is 19.4. The second kappa shape index (κ2) is 7.68. The maximum atomic E-state index is 13.1. The van der Waals surface area contributed by atoms with E-state index in [0.717, 1.165) is 36.3 Å². The van der Waals surface area contributed by atoms with E-state index in [1.807, 2.05) is 24.3 Å². The number of rotatable bonds is 7. The van der Waals surface area contributed by atoms with Crippen molar-refractivity contribution in [1.29, 1.82) is 0 Å². The number of carbonyl (C=O) groups excluding carboxylic acids is 1. The zero-order valence-electron chi connectivity index (χ0n) is 15.3. The molecule has 0 heterocycles. The van der Waals surface area contributed by atoms with Gasteiger partial charge in [-0.25, -0.2) is 12.8 Å². The number of amides is 1. The fourth-order valence-electron chi connectivity index (χ4n) is 2.90. The van der Waals surface area contributed by atoms with Crippen LogP contribution in [0.15, 0.2) is 53.4 Å². The maximum Gasteiger partial charge on any atom is 0.241 e. The van der Waals surface area contributed by atoms with Gasteiger partial charge in [0, 0.05) is 12.6 Å². The van der Waals surface area contributed by atoms with E-state index >= 15 is 0 Å². The van der Waals surface area contributed by atoms with E-state index in [-0.39, 0.29) is 10.9 Å². The van der Waals surface area contributed by atoms with Crippen molar-refractivity contribution in [2.24, 2.45) is 0 Å². The van der Waals surface area contributed by atoms with Gasteiger partial charge in [-0.1, -0.05) is 12.1 Å². The van der Waals surface area contributed by atoms with Crippen molar-refractivity contribution in [3.63, 3.8) is 0 Å². The van der Waals surface area contributed by atoms with Crippen LogP contribution in [0.3, 0.4) is 0 Å². The lowest BCUT2D eigenvalue weighted by molar-refractivity contribution is -0.131. The highest BCUT2D eigenvalue weighted by Gasteiger charge is 2.39. The zero-order valence-corrected chi connectivity index (χ0v) is 16.1. The number of ether oxygens (including phenoxy) is 1. The van der Waals surface area contributed by atoms with E-state index < -0.39 is 26.8 Å². The van der Waals surface area contributed by atoms with Gasteiger partial charge in [0.05, 0.1) is 12.0 Å². The van der Waals surface area contributed by atoms with Gasteiger partial charge in [0.25, 0.3) is 0 Å². The second-order valence-corrected chi connectivity index (χ2v) is 8.96. The van der Waals surface area contributed by atoms with Gasteiger partial charge < -0.3 is 9.64 Å². The van der Waals surface area contributed by atoms with Crippen LogP contribution in [0.5, 0.6) is 5.75 Å². The molecular weight excluding hydrogens is 369 g/mol. The summed E-state index contributed by atoms with van der Waals surface area (Å²) in [7, 11) is -2.31. The van der Waals surface area contributed by atoms with Gasteiger partial charge in [-0.15, -0.1) is 0 Å². The molecule has 1 atom stereocenters. The molecule has 27 heavy (non-hydrogen) atoms. The molecule has 7 heteroatoms. The number of halogens is 1. The Labute approximate surface area is 158 Å². The molecule has 3 rings (SSSR count). The average Bonchev–Trinajstić information content (AvgIpc) is 3.51. The first-order valence-electron chi connectivity index (χ1n) is 8.76. The van der Waals surface area contributed by atoms with Gasteiger partial charge in [0.2, 0.25) is 5.91 Å². The number of sulfone groups is 1. The number of hydrogen-bond acceptors (Lipinski definition) is 4. The first-order valence-corrected chi connectivity index (χ1v) is 10.3. The van der Waals surface area contributed by atoms with Crippen molar-refractivity contribution in [1.82, 2.24) is 4.90 Å². The molecule has 0 aromatic heterocycles. The molecule has 0 spiro atoms. The van der Waals surface area contributed by atoms with E-state index in [9.17, 15) is 17.6 Å². The Morgan fingerprint density at radius 3 is 2.26 bits per heavy atom. The molecule has 0 radical (unpaired) electrons. The Hall–Kier alpha value is -2.41. The van der Waals surface area contributed by atoms with Gasteiger partial charge in [-0.3, -0.25) is 4.79 Å². The molecule has 0 aliphatic heterocycles. The minimum absolute atomic E-state index is 0.0510. The molecule has 0 N–H and O–H groups in total. The van der Waals surface area contributed by atoms with Gasteiger partial charge >= 0.3 is 0 Å². The summed E-state index contributed by atoms with van der Waals surface area (Å²) in [6.07, 6.45) is 1.73. The largest absolute Gasteiger partial charge is 0.497 e.